The highest BCUT2D eigenvalue weighted by molar-refractivity contribution is 5.92. The Labute approximate surface area is 182 Å². The summed E-state index contributed by atoms with van der Waals surface area (Å²) in [5.74, 6) is 0.990. The molecule has 4 aromatic rings. The molecule has 4 amide bonds. The van der Waals surface area contributed by atoms with Crippen molar-refractivity contribution < 1.29 is 9.59 Å². The number of urea groups is 2. The summed E-state index contributed by atoms with van der Waals surface area (Å²) in [6, 6.07) is 9.54. The van der Waals surface area contributed by atoms with Gasteiger partial charge in [0.15, 0.2) is 11.6 Å². The molecule has 4 N–H and O–H groups in total. The summed E-state index contributed by atoms with van der Waals surface area (Å²) in [5.41, 5.74) is 1.00. The zero-order valence-corrected chi connectivity index (χ0v) is 16.8. The van der Waals surface area contributed by atoms with Crippen molar-refractivity contribution in [1.82, 2.24) is 40.2 Å². The lowest BCUT2D eigenvalue weighted by Crippen LogP contribution is -2.38. The van der Waals surface area contributed by atoms with Gasteiger partial charge < -0.3 is 21.3 Å². The Kier molecular flexibility index (Phi) is 6.31. The van der Waals surface area contributed by atoms with Crippen LogP contribution in [-0.2, 0) is 0 Å². The monoisotopic (exact) mass is 432 g/mol. The molecule has 0 atom stereocenters. The van der Waals surface area contributed by atoms with Gasteiger partial charge in [-0.05, 0) is 36.4 Å². The Morgan fingerprint density at radius 2 is 1.16 bits per heavy atom. The maximum Gasteiger partial charge on any atom is 0.319 e. The molecule has 0 spiro atoms. The van der Waals surface area contributed by atoms with Crippen molar-refractivity contribution in [3.8, 4) is 11.6 Å². The highest BCUT2D eigenvalue weighted by Crippen LogP contribution is 2.16. The SMILES string of the molecule is O=C(NCCNC(=O)Nc1cccnc1-n1cccn1)Nc1cccnc1-n1cccn1. The number of aromatic nitrogens is 6. The summed E-state index contributed by atoms with van der Waals surface area (Å²) in [5, 5.41) is 19.1. The zero-order valence-electron chi connectivity index (χ0n) is 16.8. The molecule has 0 saturated heterocycles. The van der Waals surface area contributed by atoms with E-state index in [4.69, 9.17) is 0 Å². The molecule has 0 saturated carbocycles. The maximum atomic E-state index is 12.2. The minimum Gasteiger partial charge on any atom is -0.336 e. The molecule has 12 nitrogen and oxygen atoms in total. The van der Waals surface area contributed by atoms with Crippen LogP contribution in [0.1, 0.15) is 0 Å². The van der Waals surface area contributed by atoms with E-state index in [1.807, 2.05) is 0 Å². The fraction of sp³-hybridized carbons (Fsp3) is 0.100. The average Bonchev–Trinajstić information content (AvgIpc) is 3.52. The summed E-state index contributed by atoms with van der Waals surface area (Å²) in [4.78, 5) is 32.9. The van der Waals surface area contributed by atoms with E-state index in [2.05, 4.69) is 41.4 Å². The number of carbonyl (C=O) groups is 2. The lowest BCUT2D eigenvalue weighted by atomic mass is 10.4. The highest BCUT2D eigenvalue weighted by atomic mass is 16.2. The van der Waals surface area contributed by atoms with Gasteiger partial charge in [-0.25, -0.2) is 28.9 Å². The standard InChI is InChI=1S/C20H20N10O2/c31-19(27-15-5-1-7-21-17(15)29-13-3-9-25-29)23-11-12-24-20(32)28-16-6-2-8-22-18(16)30-14-4-10-26-30/h1-10,13-14H,11-12H2,(H2,23,27,31)(H2,24,28,32). The van der Waals surface area contributed by atoms with Crippen LogP contribution >= 0.6 is 0 Å². The van der Waals surface area contributed by atoms with Crippen LogP contribution in [0.3, 0.4) is 0 Å². The summed E-state index contributed by atoms with van der Waals surface area (Å²) >= 11 is 0. The van der Waals surface area contributed by atoms with E-state index in [9.17, 15) is 9.59 Å². The molecule has 0 bridgehead atoms. The first-order chi connectivity index (χ1) is 15.7. The lowest BCUT2D eigenvalue weighted by Gasteiger charge is -2.12. The molecule has 32 heavy (non-hydrogen) atoms. The molecule has 4 heterocycles. The number of rotatable bonds is 7. The molecular weight excluding hydrogens is 412 g/mol. The molecule has 0 fully saturated rings. The first-order valence-corrected chi connectivity index (χ1v) is 9.70. The first-order valence-electron chi connectivity index (χ1n) is 9.70. The molecule has 4 aromatic heterocycles. The Balaban J connectivity index is 1.24. The summed E-state index contributed by atoms with van der Waals surface area (Å²) in [6.45, 7) is 0.436. The van der Waals surface area contributed by atoms with Crippen LogP contribution in [0, 0.1) is 0 Å². The number of hydrogen-bond acceptors (Lipinski definition) is 6. The van der Waals surface area contributed by atoms with Gasteiger partial charge in [-0.1, -0.05) is 0 Å². The molecule has 0 aliphatic rings. The van der Waals surface area contributed by atoms with E-state index in [-0.39, 0.29) is 13.1 Å². The minimum atomic E-state index is -0.429. The van der Waals surface area contributed by atoms with E-state index in [1.165, 1.54) is 0 Å². The van der Waals surface area contributed by atoms with Crippen LogP contribution in [0.5, 0.6) is 0 Å². The van der Waals surface area contributed by atoms with Crippen LogP contribution in [-0.4, -0.2) is 54.7 Å². The van der Waals surface area contributed by atoms with Crippen LogP contribution in [0.15, 0.2) is 73.6 Å². The van der Waals surface area contributed by atoms with Gasteiger partial charge >= 0.3 is 12.1 Å². The quantitative estimate of drug-likeness (QED) is 0.328. The van der Waals surface area contributed by atoms with Crippen LogP contribution < -0.4 is 21.3 Å². The van der Waals surface area contributed by atoms with Crippen molar-refractivity contribution in [2.45, 2.75) is 0 Å². The van der Waals surface area contributed by atoms with Crippen molar-refractivity contribution in [3.63, 3.8) is 0 Å². The zero-order chi connectivity index (χ0) is 22.2. The molecule has 12 heteroatoms. The van der Waals surface area contributed by atoms with Gasteiger partial charge in [0.25, 0.3) is 0 Å². The van der Waals surface area contributed by atoms with Gasteiger partial charge in [-0.2, -0.15) is 10.2 Å². The number of pyridine rings is 2. The Hall–Kier alpha value is -4.74. The fourth-order valence-electron chi connectivity index (χ4n) is 2.83. The summed E-state index contributed by atoms with van der Waals surface area (Å²) < 4.78 is 3.11. The summed E-state index contributed by atoms with van der Waals surface area (Å²) in [6.07, 6.45) is 9.94. The third-order valence-corrected chi connectivity index (χ3v) is 4.21. The van der Waals surface area contributed by atoms with Gasteiger partial charge in [0, 0.05) is 50.3 Å². The van der Waals surface area contributed by atoms with E-state index < -0.39 is 12.1 Å². The molecule has 4 rings (SSSR count). The van der Waals surface area contributed by atoms with Gasteiger partial charge in [-0.3, -0.25) is 0 Å². The van der Waals surface area contributed by atoms with E-state index in [0.717, 1.165) is 0 Å². The lowest BCUT2D eigenvalue weighted by molar-refractivity contribution is 0.248. The second-order valence-corrected chi connectivity index (χ2v) is 6.41. The molecular formula is C20H20N10O2. The van der Waals surface area contributed by atoms with Crippen molar-refractivity contribution >= 4 is 23.4 Å². The molecule has 0 aromatic carbocycles. The van der Waals surface area contributed by atoms with Crippen molar-refractivity contribution in [1.29, 1.82) is 0 Å². The Bertz CT molecular complexity index is 1080. The normalized spacial score (nSPS) is 10.4. The Morgan fingerprint density at radius 1 is 0.688 bits per heavy atom. The van der Waals surface area contributed by atoms with Gasteiger partial charge in [-0.15, -0.1) is 0 Å². The number of amides is 4. The molecule has 162 valence electrons. The maximum absolute atomic E-state index is 12.2. The van der Waals surface area contributed by atoms with Crippen molar-refractivity contribution in [2.75, 3.05) is 23.7 Å². The van der Waals surface area contributed by atoms with Crippen LogP contribution in [0.25, 0.3) is 11.6 Å². The third-order valence-electron chi connectivity index (χ3n) is 4.21. The Morgan fingerprint density at radius 3 is 1.56 bits per heavy atom. The first kappa shape index (κ1) is 20.5. The second kappa shape index (κ2) is 9.84. The topological polar surface area (TPSA) is 144 Å². The fourth-order valence-corrected chi connectivity index (χ4v) is 2.83. The van der Waals surface area contributed by atoms with Gasteiger partial charge in [0.1, 0.15) is 0 Å². The summed E-state index contributed by atoms with van der Waals surface area (Å²) in [7, 11) is 0. The predicted molar refractivity (Wildman–Crippen MR) is 117 cm³/mol. The average molecular weight is 432 g/mol. The molecule has 0 radical (unpaired) electrons. The van der Waals surface area contributed by atoms with Gasteiger partial charge in [0.05, 0.1) is 11.4 Å². The predicted octanol–water partition coefficient (Wildman–Crippen LogP) is 1.79. The van der Waals surface area contributed by atoms with Crippen LogP contribution in [0.2, 0.25) is 0 Å². The van der Waals surface area contributed by atoms with E-state index >= 15 is 0 Å². The largest absolute Gasteiger partial charge is 0.336 e. The second-order valence-electron chi connectivity index (χ2n) is 6.41. The van der Waals surface area contributed by atoms with E-state index in [1.54, 1.807) is 82.9 Å². The van der Waals surface area contributed by atoms with E-state index in [0.29, 0.717) is 23.0 Å². The number of anilines is 2. The molecule has 0 unspecified atom stereocenters. The number of carbonyl (C=O) groups excluding carboxylic acids is 2. The minimum absolute atomic E-state index is 0.218. The van der Waals surface area contributed by atoms with Crippen molar-refractivity contribution in [2.24, 2.45) is 0 Å². The molecule has 0 aliphatic carbocycles. The smallest absolute Gasteiger partial charge is 0.319 e. The number of nitrogens with one attached hydrogen (secondary N) is 4. The third kappa shape index (κ3) is 5.05. The van der Waals surface area contributed by atoms with Gasteiger partial charge in [0.2, 0.25) is 0 Å². The number of hydrogen-bond donors (Lipinski definition) is 4. The van der Waals surface area contributed by atoms with Crippen molar-refractivity contribution in [3.05, 3.63) is 73.6 Å². The van der Waals surface area contributed by atoms with Crippen LogP contribution in [0.4, 0.5) is 21.0 Å². The number of nitrogens with zero attached hydrogens (tertiary/aromatic N) is 6. The highest BCUT2D eigenvalue weighted by Gasteiger charge is 2.11. The molecule has 0 aliphatic heterocycles.